The largest absolute Gasteiger partial charge is 0.481 e. The van der Waals surface area contributed by atoms with E-state index in [0.717, 1.165) is 10.5 Å². The summed E-state index contributed by atoms with van der Waals surface area (Å²) in [7, 11) is 0. The fourth-order valence-electron chi connectivity index (χ4n) is 2.19. The molecular formula is C12H13F3N2O3S. The van der Waals surface area contributed by atoms with Gasteiger partial charge >= 0.3 is 18.2 Å². The molecule has 21 heavy (non-hydrogen) atoms. The molecule has 1 saturated heterocycles. The monoisotopic (exact) mass is 322 g/mol. The van der Waals surface area contributed by atoms with Gasteiger partial charge in [0.1, 0.15) is 0 Å². The van der Waals surface area contributed by atoms with Crippen molar-refractivity contribution in [2.75, 3.05) is 13.1 Å². The van der Waals surface area contributed by atoms with Gasteiger partial charge in [0, 0.05) is 19.6 Å². The molecule has 0 spiro atoms. The zero-order valence-corrected chi connectivity index (χ0v) is 11.6. The molecule has 0 aromatic carbocycles. The minimum Gasteiger partial charge on any atom is -0.481 e. The van der Waals surface area contributed by atoms with Gasteiger partial charge in [-0.15, -0.1) is 0 Å². The molecule has 1 aromatic heterocycles. The Morgan fingerprint density at radius 3 is 2.67 bits per heavy atom. The number of amides is 2. The first-order valence-corrected chi connectivity index (χ1v) is 7.04. The van der Waals surface area contributed by atoms with Crippen LogP contribution in [-0.2, 0) is 11.3 Å². The van der Waals surface area contributed by atoms with Gasteiger partial charge in [-0.3, -0.25) is 4.79 Å². The lowest BCUT2D eigenvalue weighted by atomic mass is 9.86. The van der Waals surface area contributed by atoms with Crippen molar-refractivity contribution in [1.29, 1.82) is 0 Å². The van der Waals surface area contributed by atoms with Gasteiger partial charge in [0.15, 0.2) is 5.41 Å². The summed E-state index contributed by atoms with van der Waals surface area (Å²) in [5.41, 5.74) is -2.03. The molecule has 2 rings (SSSR count). The smallest absolute Gasteiger partial charge is 0.406 e. The van der Waals surface area contributed by atoms with Crippen LogP contribution in [0, 0.1) is 5.41 Å². The van der Waals surface area contributed by atoms with Gasteiger partial charge in [0.05, 0.1) is 0 Å². The predicted molar refractivity (Wildman–Crippen MR) is 68.9 cm³/mol. The Hall–Kier alpha value is -1.77. The van der Waals surface area contributed by atoms with Crippen LogP contribution in [0.1, 0.15) is 12.0 Å². The maximum absolute atomic E-state index is 13.0. The number of likely N-dealkylation sites (tertiary alicyclic amines) is 1. The van der Waals surface area contributed by atoms with Crippen molar-refractivity contribution in [3.8, 4) is 0 Å². The average Bonchev–Trinajstić information content (AvgIpc) is 3.04. The SMILES string of the molecule is O=C(NCc1ccsc1)N1CCC(C(=O)O)(C(F)(F)F)C1. The van der Waals surface area contributed by atoms with Gasteiger partial charge in [-0.2, -0.15) is 24.5 Å². The van der Waals surface area contributed by atoms with Crippen LogP contribution < -0.4 is 5.32 Å². The van der Waals surface area contributed by atoms with E-state index in [1.54, 1.807) is 6.07 Å². The second-order valence-corrected chi connectivity index (χ2v) is 5.63. The molecule has 1 aromatic rings. The molecule has 1 aliphatic heterocycles. The molecule has 5 nitrogen and oxygen atoms in total. The van der Waals surface area contributed by atoms with Crippen molar-refractivity contribution in [3.05, 3.63) is 22.4 Å². The summed E-state index contributed by atoms with van der Waals surface area (Å²) in [6, 6.07) is 1.10. The highest BCUT2D eigenvalue weighted by atomic mass is 32.1. The van der Waals surface area contributed by atoms with Crippen molar-refractivity contribution >= 4 is 23.3 Å². The van der Waals surface area contributed by atoms with Gasteiger partial charge in [0.25, 0.3) is 0 Å². The molecule has 1 atom stereocenters. The number of hydrogen-bond acceptors (Lipinski definition) is 3. The van der Waals surface area contributed by atoms with Crippen LogP contribution in [0.15, 0.2) is 16.8 Å². The van der Waals surface area contributed by atoms with E-state index in [1.165, 1.54) is 11.3 Å². The second kappa shape index (κ2) is 5.55. The van der Waals surface area contributed by atoms with Crippen LogP contribution in [0.2, 0.25) is 0 Å². The predicted octanol–water partition coefficient (Wildman–Crippen LogP) is 2.30. The van der Waals surface area contributed by atoms with E-state index in [2.05, 4.69) is 5.32 Å². The summed E-state index contributed by atoms with van der Waals surface area (Å²) >= 11 is 1.44. The van der Waals surface area contributed by atoms with E-state index in [1.807, 2.05) is 10.8 Å². The summed E-state index contributed by atoms with van der Waals surface area (Å²) in [6.45, 7) is -0.895. The Morgan fingerprint density at radius 2 is 2.19 bits per heavy atom. The third-order valence-electron chi connectivity index (χ3n) is 3.53. The Labute approximate surface area is 122 Å². The van der Waals surface area contributed by atoms with Crippen LogP contribution in [0.3, 0.4) is 0 Å². The van der Waals surface area contributed by atoms with Crippen molar-refractivity contribution in [2.45, 2.75) is 19.1 Å². The van der Waals surface area contributed by atoms with E-state index in [0.29, 0.717) is 0 Å². The lowest BCUT2D eigenvalue weighted by Gasteiger charge is -2.27. The Morgan fingerprint density at radius 1 is 1.48 bits per heavy atom. The summed E-state index contributed by atoms with van der Waals surface area (Å²) < 4.78 is 38.9. The zero-order valence-electron chi connectivity index (χ0n) is 10.8. The summed E-state index contributed by atoms with van der Waals surface area (Å²) in [5, 5.41) is 15.0. The third-order valence-corrected chi connectivity index (χ3v) is 4.26. The number of carboxylic acids is 1. The Balaban J connectivity index is 2.00. The molecule has 2 heterocycles. The molecule has 0 aliphatic carbocycles. The van der Waals surface area contributed by atoms with Gasteiger partial charge in [-0.1, -0.05) is 0 Å². The van der Waals surface area contributed by atoms with E-state index in [4.69, 9.17) is 5.11 Å². The number of nitrogens with zero attached hydrogens (tertiary/aromatic N) is 1. The maximum Gasteiger partial charge on any atom is 0.406 e. The fraction of sp³-hybridized carbons (Fsp3) is 0.500. The standard InChI is InChI=1S/C12H13F3N2O3S/c13-12(14,15)11(9(18)19)2-3-17(7-11)10(20)16-5-8-1-4-21-6-8/h1,4,6H,2-3,5,7H2,(H,16,20)(H,18,19). The number of urea groups is 1. The van der Waals surface area contributed by atoms with Gasteiger partial charge in [-0.25, -0.2) is 4.79 Å². The number of aliphatic carboxylic acids is 1. The zero-order chi connectivity index (χ0) is 15.7. The highest BCUT2D eigenvalue weighted by Crippen LogP contribution is 2.45. The van der Waals surface area contributed by atoms with Crippen LogP contribution >= 0.6 is 11.3 Å². The minimum absolute atomic E-state index is 0.199. The number of alkyl halides is 3. The first-order valence-electron chi connectivity index (χ1n) is 6.10. The molecule has 1 fully saturated rings. The van der Waals surface area contributed by atoms with Crippen LogP contribution in [-0.4, -0.2) is 41.3 Å². The lowest BCUT2D eigenvalue weighted by molar-refractivity contribution is -0.226. The quantitative estimate of drug-likeness (QED) is 0.897. The number of rotatable bonds is 3. The highest BCUT2D eigenvalue weighted by Gasteiger charge is 2.64. The normalized spacial score (nSPS) is 22.3. The summed E-state index contributed by atoms with van der Waals surface area (Å²) in [5.74, 6) is -1.94. The summed E-state index contributed by atoms with van der Waals surface area (Å²) in [4.78, 5) is 23.7. The van der Waals surface area contributed by atoms with Gasteiger partial charge in [0.2, 0.25) is 0 Å². The Kier molecular flexibility index (Phi) is 4.13. The van der Waals surface area contributed by atoms with Crippen molar-refractivity contribution in [1.82, 2.24) is 10.2 Å². The maximum atomic E-state index is 13.0. The fourth-order valence-corrected chi connectivity index (χ4v) is 2.86. The number of carboxylic acid groups (broad SMARTS) is 1. The third kappa shape index (κ3) is 2.97. The van der Waals surface area contributed by atoms with E-state index in [-0.39, 0.29) is 13.1 Å². The van der Waals surface area contributed by atoms with Gasteiger partial charge < -0.3 is 15.3 Å². The lowest BCUT2D eigenvalue weighted by Crippen LogP contribution is -2.48. The second-order valence-electron chi connectivity index (χ2n) is 4.85. The first kappa shape index (κ1) is 15.6. The number of halogens is 3. The average molecular weight is 322 g/mol. The molecule has 0 bridgehead atoms. The number of thiophene rings is 1. The van der Waals surface area contributed by atoms with Gasteiger partial charge in [-0.05, 0) is 28.8 Å². The van der Waals surface area contributed by atoms with Crippen molar-refractivity contribution in [2.24, 2.45) is 5.41 Å². The molecule has 116 valence electrons. The minimum atomic E-state index is -4.89. The molecule has 9 heteroatoms. The molecule has 2 amide bonds. The number of hydrogen-bond donors (Lipinski definition) is 2. The van der Waals surface area contributed by atoms with Crippen LogP contribution in [0.5, 0.6) is 0 Å². The molecule has 0 radical (unpaired) electrons. The first-order chi connectivity index (χ1) is 9.76. The highest BCUT2D eigenvalue weighted by molar-refractivity contribution is 7.07. The molecule has 1 unspecified atom stereocenters. The molecule has 2 N–H and O–H groups in total. The van der Waals surface area contributed by atoms with Crippen molar-refractivity contribution < 1.29 is 27.9 Å². The Bertz CT molecular complexity index is 532. The van der Waals surface area contributed by atoms with E-state index >= 15 is 0 Å². The van der Waals surface area contributed by atoms with Crippen molar-refractivity contribution in [3.63, 3.8) is 0 Å². The topological polar surface area (TPSA) is 69.6 Å². The van der Waals surface area contributed by atoms with Crippen LogP contribution in [0.4, 0.5) is 18.0 Å². The van der Waals surface area contributed by atoms with Crippen LogP contribution in [0.25, 0.3) is 0 Å². The molecular weight excluding hydrogens is 309 g/mol. The molecule has 0 saturated carbocycles. The van der Waals surface area contributed by atoms with E-state index in [9.17, 15) is 22.8 Å². The molecule has 1 aliphatic rings. The number of carbonyl (C=O) groups is 2. The number of carbonyl (C=O) groups excluding carboxylic acids is 1. The number of nitrogens with one attached hydrogen (secondary N) is 1. The summed E-state index contributed by atoms with van der Waals surface area (Å²) in [6.07, 6.45) is -5.51. The van der Waals surface area contributed by atoms with E-state index < -0.39 is 36.6 Å².